The second-order valence-corrected chi connectivity index (χ2v) is 3.58. The predicted octanol–water partition coefficient (Wildman–Crippen LogP) is 1.36. The lowest BCUT2D eigenvalue weighted by Gasteiger charge is -2.10. The summed E-state index contributed by atoms with van der Waals surface area (Å²) < 4.78 is 0. The molecule has 4 N–H and O–H groups in total. The average molecular weight is 207 g/mol. The minimum atomic E-state index is -0.462. The van der Waals surface area contributed by atoms with Crippen LogP contribution in [0, 0.1) is 0 Å². The van der Waals surface area contributed by atoms with Crippen molar-refractivity contribution in [2.75, 3.05) is 5.73 Å². The van der Waals surface area contributed by atoms with Gasteiger partial charge in [-0.2, -0.15) is 0 Å². The fourth-order valence-corrected chi connectivity index (χ4v) is 1.37. The number of carbonyl (C=O) groups is 1. The van der Waals surface area contributed by atoms with Gasteiger partial charge in [-0.05, 0) is 12.5 Å². The maximum Gasteiger partial charge on any atom is 0.183 e. The molecule has 1 heterocycles. The zero-order valence-corrected chi connectivity index (χ0v) is 8.94. The number of ketones is 1. The zero-order chi connectivity index (χ0) is 11.3. The number of carbonyl (C=O) groups excluding carboxylic acids is 1. The van der Waals surface area contributed by atoms with E-state index in [1.165, 1.54) is 6.20 Å². The van der Waals surface area contributed by atoms with Crippen molar-refractivity contribution in [3.63, 3.8) is 0 Å². The summed E-state index contributed by atoms with van der Waals surface area (Å²) in [6, 6.07) is 1.15. The first-order chi connectivity index (χ1) is 7.16. The molecule has 15 heavy (non-hydrogen) atoms. The standard InChI is InChI=1S/C11H17N3O/c1-2-3-4-10(13)11(15)8-7-14-6-5-9(8)12/h5-7,10H,2-4,13H2,1H3,(H2,12,14). The first kappa shape index (κ1) is 11.7. The summed E-state index contributed by atoms with van der Waals surface area (Å²) in [6.45, 7) is 2.07. The van der Waals surface area contributed by atoms with E-state index in [0.29, 0.717) is 17.7 Å². The predicted molar refractivity (Wildman–Crippen MR) is 60.5 cm³/mol. The molecule has 0 aromatic carbocycles. The first-order valence-corrected chi connectivity index (χ1v) is 5.16. The van der Waals surface area contributed by atoms with Gasteiger partial charge in [-0.25, -0.2) is 0 Å². The normalized spacial score (nSPS) is 12.4. The Bertz CT molecular complexity index is 338. The molecule has 1 rings (SSSR count). The van der Waals surface area contributed by atoms with Crippen molar-refractivity contribution in [2.24, 2.45) is 5.73 Å². The number of aromatic nitrogens is 1. The number of hydrogen-bond donors (Lipinski definition) is 2. The maximum absolute atomic E-state index is 11.8. The molecular weight excluding hydrogens is 190 g/mol. The highest BCUT2D eigenvalue weighted by atomic mass is 16.1. The van der Waals surface area contributed by atoms with E-state index < -0.39 is 6.04 Å². The third-order valence-electron chi connectivity index (χ3n) is 2.33. The summed E-state index contributed by atoms with van der Waals surface area (Å²) >= 11 is 0. The summed E-state index contributed by atoms with van der Waals surface area (Å²) in [6.07, 6.45) is 5.72. The van der Waals surface area contributed by atoms with Crippen LogP contribution in [0.3, 0.4) is 0 Å². The van der Waals surface area contributed by atoms with Crippen molar-refractivity contribution < 1.29 is 4.79 Å². The number of unbranched alkanes of at least 4 members (excludes halogenated alkanes) is 1. The first-order valence-electron chi connectivity index (χ1n) is 5.16. The average Bonchev–Trinajstić information content (AvgIpc) is 2.25. The van der Waals surface area contributed by atoms with Crippen LogP contribution in [0.15, 0.2) is 18.5 Å². The molecule has 0 amide bonds. The highest BCUT2D eigenvalue weighted by Gasteiger charge is 2.17. The van der Waals surface area contributed by atoms with Gasteiger partial charge in [-0.1, -0.05) is 19.8 Å². The molecule has 0 aliphatic rings. The highest BCUT2D eigenvalue weighted by Crippen LogP contribution is 2.13. The van der Waals surface area contributed by atoms with Crippen molar-refractivity contribution in [1.82, 2.24) is 4.98 Å². The van der Waals surface area contributed by atoms with Crippen molar-refractivity contribution >= 4 is 11.5 Å². The quantitative estimate of drug-likeness (QED) is 0.714. The summed E-state index contributed by atoms with van der Waals surface area (Å²) in [7, 11) is 0. The van der Waals surface area contributed by atoms with Gasteiger partial charge in [-0.3, -0.25) is 9.78 Å². The fourth-order valence-electron chi connectivity index (χ4n) is 1.37. The van der Waals surface area contributed by atoms with E-state index in [9.17, 15) is 4.79 Å². The molecule has 0 radical (unpaired) electrons. The number of pyridine rings is 1. The smallest absolute Gasteiger partial charge is 0.183 e. The Morgan fingerprint density at radius 2 is 2.33 bits per heavy atom. The Labute approximate surface area is 89.7 Å². The molecule has 4 nitrogen and oxygen atoms in total. The van der Waals surface area contributed by atoms with Crippen LogP contribution in [0.5, 0.6) is 0 Å². The van der Waals surface area contributed by atoms with E-state index in [1.807, 2.05) is 0 Å². The van der Waals surface area contributed by atoms with Crippen LogP contribution in [0.2, 0.25) is 0 Å². The second kappa shape index (κ2) is 5.46. The number of nitrogen functional groups attached to an aromatic ring is 1. The molecule has 1 aromatic rings. The highest BCUT2D eigenvalue weighted by molar-refractivity contribution is 6.03. The maximum atomic E-state index is 11.8. The summed E-state index contributed by atoms with van der Waals surface area (Å²) in [5, 5.41) is 0. The molecule has 82 valence electrons. The van der Waals surface area contributed by atoms with Gasteiger partial charge in [0, 0.05) is 18.1 Å². The zero-order valence-electron chi connectivity index (χ0n) is 8.94. The van der Waals surface area contributed by atoms with Gasteiger partial charge in [0.05, 0.1) is 11.6 Å². The number of nitrogens with zero attached hydrogens (tertiary/aromatic N) is 1. The van der Waals surface area contributed by atoms with Gasteiger partial charge in [0.1, 0.15) is 0 Å². The van der Waals surface area contributed by atoms with Crippen LogP contribution in [0.25, 0.3) is 0 Å². The lowest BCUT2D eigenvalue weighted by Crippen LogP contribution is -2.31. The van der Waals surface area contributed by atoms with Gasteiger partial charge < -0.3 is 11.5 Å². The minimum absolute atomic E-state index is 0.117. The molecule has 0 aliphatic heterocycles. The van der Waals surface area contributed by atoms with Gasteiger partial charge in [-0.15, -0.1) is 0 Å². The van der Waals surface area contributed by atoms with Crippen LogP contribution in [0.4, 0.5) is 5.69 Å². The molecule has 1 aromatic heterocycles. The van der Waals surface area contributed by atoms with Crippen molar-refractivity contribution in [3.05, 3.63) is 24.0 Å². The lowest BCUT2D eigenvalue weighted by molar-refractivity contribution is 0.0956. The number of Topliss-reactive ketones (excluding diaryl/α,β-unsaturated/α-hetero) is 1. The molecule has 0 aliphatic carbocycles. The van der Waals surface area contributed by atoms with E-state index in [-0.39, 0.29) is 5.78 Å². The monoisotopic (exact) mass is 207 g/mol. The van der Waals surface area contributed by atoms with Crippen LogP contribution in [-0.2, 0) is 0 Å². The molecule has 0 bridgehead atoms. The molecule has 1 atom stereocenters. The van der Waals surface area contributed by atoms with Crippen LogP contribution in [0.1, 0.15) is 36.5 Å². The Kier molecular flexibility index (Phi) is 4.24. The molecular formula is C11H17N3O. The van der Waals surface area contributed by atoms with Crippen molar-refractivity contribution in [3.8, 4) is 0 Å². The van der Waals surface area contributed by atoms with Crippen LogP contribution < -0.4 is 11.5 Å². The van der Waals surface area contributed by atoms with E-state index >= 15 is 0 Å². The third-order valence-corrected chi connectivity index (χ3v) is 2.33. The Balaban J connectivity index is 2.72. The fraction of sp³-hybridized carbons (Fsp3) is 0.455. The van der Waals surface area contributed by atoms with Crippen molar-refractivity contribution in [1.29, 1.82) is 0 Å². The van der Waals surface area contributed by atoms with E-state index in [4.69, 9.17) is 11.5 Å². The summed E-state index contributed by atoms with van der Waals surface area (Å²) in [4.78, 5) is 15.7. The third kappa shape index (κ3) is 3.02. The van der Waals surface area contributed by atoms with E-state index in [1.54, 1.807) is 12.3 Å². The Morgan fingerprint density at radius 1 is 1.60 bits per heavy atom. The number of hydrogen-bond acceptors (Lipinski definition) is 4. The van der Waals surface area contributed by atoms with Crippen molar-refractivity contribution in [2.45, 2.75) is 32.2 Å². The second-order valence-electron chi connectivity index (χ2n) is 3.58. The number of rotatable bonds is 5. The van der Waals surface area contributed by atoms with Gasteiger partial charge in [0.15, 0.2) is 5.78 Å². The number of anilines is 1. The molecule has 0 spiro atoms. The van der Waals surface area contributed by atoms with E-state index in [2.05, 4.69) is 11.9 Å². The molecule has 0 saturated heterocycles. The van der Waals surface area contributed by atoms with Gasteiger partial charge in [0.25, 0.3) is 0 Å². The SMILES string of the molecule is CCCCC(N)C(=O)c1cnccc1N. The minimum Gasteiger partial charge on any atom is -0.398 e. The molecule has 0 saturated carbocycles. The van der Waals surface area contributed by atoms with Gasteiger partial charge >= 0.3 is 0 Å². The van der Waals surface area contributed by atoms with Crippen LogP contribution >= 0.6 is 0 Å². The van der Waals surface area contributed by atoms with Gasteiger partial charge in [0.2, 0.25) is 0 Å². The summed E-state index contributed by atoms with van der Waals surface area (Å²) in [5.41, 5.74) is 12.3. The largest absolute Gasteiger partial charge is 0.398 e. The Hall–Kier alpha value is -1.42. The topological polar surface area (TPSA) is 82.0 Å². The Morgan fingerprint density at radius 3 is 2.93 bits per heavy atom. The molecule has 1 unspecified atom stereocenters. The number of nitrogens with two attached hydrogens (primary N) is 2. The van der Waals surface area contributed by atoms with E-state index in [0.717, 1.165) is 12.8 Å². The lowest BCUT2D eigenvalue weighted by atomic mass is 10.0. The molecule has 0 fully saturated rings. The summed E-state index contributed by atoms with van der Waals surface area (Å²) in [5.74, 6) is -0.117. The van der Waals surface area contributed by atoms with Crippen LogP contribution in [-0.4, -0.2) is 16.8 Å². The molecule has 4 heteroatoms.